The number of ketones is 1. The molecule has 2 aromatic heterocycles. The third-order valence-electron chi connectivity index (χ3n) is 9.20. The lowest BCUT2D eigenvalue weighted by atomic mass is 9.60. The second-order valence-corrected chi connectivity index (χ2v) is 14.5. The molecule has 45 heavy (non-hydrogen) atoms. The first-order chi connectivity index (χ1) is 21.5. The Morgan fingerprint density at radius 2 is 1.76 bits per heavy atom. The lowest BCUT2D eigenvalue weighted by Crippen LogP contribution is -2.52. The number of hydrogen-bond donors (Lipinski definition) is 1. The number of sulfonamides is 1. The van der Waals surface area contributed by atoms with E-state index in [1.807, 2.05) is 6.08 Å². The fourth-order valence-corrected chi connectivity index (χ4v) is 8.53. The number of fused-ring (bicyclic) bond motifs is 2. The molecule has 0 unspecified atom stereocenters. The van der Waals surface area contributed by atoms with Crippen LogP contribution < -0.4 is 0 Å². The summed E-state index contributed by atoms with van der Waals surface area (Å²) in [6.45, 7) is -0.135. The van der Waals surface area contributed by atoms with Crippen LogP contribution in [0.4, 0.5) is 8.78 Å². The summed E-state index contributed by atoms with van der Waals surface area (Å²) < 4.78 is 58.6. The number of pyridine rings is 1. The van der Waals surface area contributed by atoms with Gasteiger partial charge in [0.25, 0.3) is 0 Å². The fourth-order valence-electron chi connectivity index (χ4n) is 6.64. The molecule has 0 saturated heterocycles. The number of aromatic nitrogens is 3. The van der Waals surface area contributed by atoms with Gasteiger partial charge in [-0.05, 0) is 111 Å². The van der Waals surface area contributed by atoms with Crippen LogP contribution in [0.2, 0.25) is 5.02 Å². The lowest BCUT2D eigenvalue weighted by molar-refractivity contribution is 0.0665. The van der Waals surface area contributed by atoms with Gasteiger partial charge in [-0.25, -0.2) is 21.9 Å². The van der Waals surface area contributed by atoms with Crippen LogP contribution >= 0.6 is 11.6 Å². The van der Waals surface area contributed by atoms with Gasteiger partial charge in [0.05, 0.1) is 33.5 Å². The second kappa shape index (κ2) is 10.9. The van der Waals surface area contributed by atoms with E-state index in [0.717, 1.165) is 29.0 Å². The average molecular weight is 651 g/mol. The van der Waals surface area contributed by atoms with Crippen molar-refractivity contribution < 1.29 is 27.1 Å². The molecule has 4 aromatic rings. The number of rotatable bonds is 8. The van der Waals surface area contributed by atoms with Crippen molar-refractivity contribution in [3.8, 4) is 5.69 Å². The van der Waals surface area contributed by atoms with E-state index in [2.05, 4.69) is 10.1 Å². The minimum atomic E-state index is -4.18. The van der Waals surface area contributed by atoms with E-state index in [9.17, 15) is 27.1 Å². The van der Waals surface area contributed by atoms with E-state index in [1.165, 1.54) is 40.8 Å². The molecule has 3 aliphatic carbocycles. The first-order valence-electron chi connectivity index (χ1n) is 14.7. The smallest absolute Gasteiger partial charge is 0.243 e. The lowest BCUT2D eigenvalue weighted by Gasteiger charge is -2.46. The van der Waals surface area contributed by atoms with E-state index >= 15 is 0 Å². The molecule has 8 nitrogen and oxygen atoms in total. The number of hydrogen-bond acceptors (Lipinski definition) is 6. The average Bonchev–Trinajstić information content (AvgIpc) is 3.63. The van der Waals surface area contributed by atoms with Crippen molar-refractivity contribution in [2.75, 3.05) is 6.54 Å². The molecule has 0 bridgehead atoms. The molecule has 0 spiro atoms. The topological polar surface area (TPSA) is 105 Å². The van der Waals surface area contributed by atoms with Gasteiger partial charge in [0, 0.05) is 23.8 Å². The summed E-state index contributed by atoms with van der Waals surface area (Å²) in [5.74, 6) is -1.22. The molecule has 2 fully saturated rings. The van der Waals surface area contributed by atoms with Gasteiger partial charge in [-0.2, -0.15) is 9.40 Å². The summed E-state index contributed by atoms with van der Waals surface area (Å²) in [5, 5.41) is 15.9. The molecule has 12 heteroatoms. The van der Waals surface area contributed by atoms with E-state index in [4.69, 9.17) is 11.6 Å². The van der Waals surface area contributed by atoms with Crippen molar-refractivity contribution in [3.63, 3.8) is 0 Å². The normalized spacial score (nSPS) is 22.0. The number of allylic oxidation sites excluding steroid dienone is 1. The van der Waals surface area contributed by atoms with Crippen LogP contribution in [0.3, 0.4) is 0 Å². The van der Waals surface area contributed by atoms with E-state index in [1.54, 1.807) is 29.1 Å². The van der Waals surface area contributed by atoms with Crippen molar-refractivity contribution in [3.05, 3.63) is 112 Å². The van der Waals surface area contributed by atoms with Crippen molar-refractivity contribution >= 4 is 33.5 Å². The fraction of sp³-hybridized carbons (Fsp3) is 0.303. The predicted octanol–water partition coefficient (Wildman–Crippen LogP) is 5.78. The van der Waals surface area contributed by atoms with Gasteiger partial charge in [-0.15, -0.1) is 0 Å². The number of carbonyl (C=O) groups excluding carboxylic acids is 1. The highest BCUT2D eigenvalue weighted by atomic mass is 35.5. The molecule has 2 saturated carbocycles. The van der Waals surface area contributed by atoms with E-state index < -0.39 is 32.9 Å². The standard InChI is InChI=1S/C33H29ClF2N4O4S/c34-23-11-14-37-29(16-23)31(41)33-17-21-19-38-40(26-7-2-24(35)3-8-26)30(21)15-22(33)1-6-27(18-33)39(20-32(42)12-13-32)45(43,44)28-9-4-25(36)5-10-28/h2-5,7-11,14-16,19,27,42H,1,6,12-13,17-18,20H2/t27-,33-/m0/s1. The van der Waals surface area contributed by atoms with Gasteiger partial charge in [0.15, 0.2) is 5.78 Å². The molecule has 7 rings (SSSR count). The van der Waals surface area contributed by atoms with Crippen LogP contribution in [-0.4, -0.2) is 56.6 Å². The quantitative estimate of drug-likeness (QED) is 0.243. The van der Waals surface area contributed by atoms with Crippen molar-refractivity contribution in [1.82, 2.24) is 19.1 Å². The Bertz CT molecular complexity index is 1940. The van der Waals surface area contributed by atoms with Crippen LogP contribution in [-0.2, 0) is 16.4 Å². The Hall–Kier alpha value is -3.77. The molecule has 0 amide bonds. The molecular formula is C33H29ClF2N4O4S. The highest BCUT2D eigenvalue weighted by Crippen LogP contribution is 2.52. The van der Waals surface area contributed by atoms with Crippen molar-refractivity contribution in [2.24, 2.45) is 5.41 Å². The summed E-state index contributed by atoms with van der Waals surface area (Å²) in [5.41, 5.74) is 0.836. The molecule has 1 N–H and O–H groups in total. The Labute approximate surface area is 264 Å². The highest BCUT2D eigenvalue weighted by Gasteiger charge is 2.54. The van der Waals surface area contributed by atoms with Gasteiger partial charge in [0.1, 0.15) is 17.3 Å². The Balaban J connectivity index is 1.32. The van der Waals surface area contributed by atoms with Gasteiger partial charge >= 0.3 is 0 Å². The van der Waals surface area contributed by atoms with Crippen LogP contribution in [0, 0.1) is 17.0 Å². The third-order valence-corrected chi connectivity index (χ3v) is 11.3. The third kappa shape index (κ3) is 5.41. The number of carbonyl (C=O) groups is 1. The Morgan fingerprint density at radius 3 is 2.42 bits per heavy atom. The van der Waals surface area contributed by atoms with Gasteiger partial charge in [0.2, 0.25) is 10.0 Å². The Kier molecular flexibility index (Phi) is 7.27. The van der Waals surface area contributed by atoms with Crippen molar-refractivity contribution in [1.29, 1.82) is 0 Å². The maximum Gasteiger partial charge on any atom is 0.243 e. The minimum absolute atomic E-state index is 0.0853. The highest BCUT2D eigenvalue weighted by molar-refractivity contribution is 7.89. The molecule has 2 aromatic carbocycles. The largest absolute Gasteiger partial charge is 0.389 e. The van der Waals surface area contributed by atoms with Crippen LogP contribution in [0.15, 0.2) is 83.5 Å². The molecule has 0 radical (unpaired) electrons. The summed E-state index contributed by atoms with van der Waals surface area (Å²) in [6, 6.07) is 13.0. The predicted molar refractivity (Wildman–Crippen MR) is 163 cm³/mol. The van der Waals surface area contributed by atoms with Gasteiger partial charge in [-0.3, -0.25) is 9.78 Å². The zero-order chi connectivity index (χ0) is 31.6. The summed E-state index contributed by atoms with van der Waals surface area (Å²) in [6.07, 6.45) is 7.13. The van der Waals surface area contributed by atoms with E-state index in [-0.39, 0.29) is 41.6 Å². The molecule has 3 aliphatic rings. The number of aliphatic hydroxyl groups is 1. The molecule has 232 valence electrons. The van der Waals surface area contributed by atoms with Crippen molar-refractivity contribution in [2.45, 2.75) is 55.1 Å². The zero-order valence-electron chi connectivity index (χ0n) is 24.0. The zero-order valence-corrected chi connectivity index (χ0v) is 25.6. The summed E-state index contributed by atoms with van der Waals surface area (Å²) in [4.78, 5) is 18.8. The summed E-state index contributed by atoms with van der Waals surface area (Å²) >= 11 is 6.27. The monoisotopic (exact) mass is 650 g/mol. The first kappa shape index (κ1) is 29.9. The van der Waals surface area contributed by atoms with Crippen LogP contribution in [0.25, 0.3) is 11.8 Å². The number of nitrogens with zero attached hydrogens (tertiary/aromatic N) is 4. The first-order valence-corrected chi connectivity index (χ1v) is 16.5. The van der Waals surface area contributed by atoms with E-state index in [0.29, 0.717) is 36.4 Å². The van der Waals surface area contributed by atoms with Crippen LogP contribution in [0.1, 0.15) is 53.8 Å². The maximum atomic E-state index is 14.6. The van der Waals surface area contributed by atoms with Crippen LogP contribution in [0.5, 0.6) is 0 Å². The maximum absolute atomic E-state index is 14.6. The molecule has 0 aliphatic heterocycles. The van der Waals surface area contributed by atoms with Gasteiger partial charge < -0.3 is 5.11 Å². The molecule has 2 heterocycles. The minimum Gasteiger partial charge on any atom is -0.389 e. The number of halogens is 3. The molecule has 2 atom stereocenters. The molecular weight excluding hydrogens is 622 g/mol. The Morgan fingerprint density at radius 1 is 1.07 bits per heavy atom. The van der Waals surface area contributed by atoms with Gasteiger partial charge in [-0.1, -0.05) is 17.2 Å². The SMILES string of the molecule is O=C(c1cc(Cl)ccn1)[C@]12Cc3cnn(-c4ccc(F)cc4)c3C=C1CC[C@H](N(CC1(O)CC1)S(=O)(=O)c1ccc(F)cc1)C2. The summed E-state index contributed by atoms with van der Waals surface area (Å²) in [7, 11) is -4.18. The number of Topliss-reactive ketones (excluding diaryl/α,β-unsaturated/α-hetero) is 1. The second-order valence-electron chi connectivity index (χ2n) is 12.2. The number of benzene rings is 2.